The van der Waals surface area contributed by atoms with Gasteiger partial charge in [-0.3, -0.25) is 4.68 Å². The number of aromatic nitrogens is 5. The molecule has 1 aromatic carbocycles. The lowest BCUT2D eigenvalue weighted by Crippen LogP contribution is -2.13. The summed E-state index contributed by atoms with van der Waals surface area (Å²) in [5.41, 5.74) is -1.36. The average molecular weight is 425 g/mol. The van der Waals surface area contributed by atoms with Crippen molar-refractivity contribution < 1.29 is 27.8 Å². The Morgan fingerprint density at radius 3 is 2.57 bits per heavy atom. The first-order chi connectivity index (χ1) is 14.1. The fourth-order valence-corrected chi connectivity index (χ4v) is 3.22. The molecule has 0 amide bonds. The van der Waals surface area contributed by atoms with Crippen molar-refractivity contribution >= 4 is 0 Å². The Bertz CT molecular complexity index is 1060. The first kappa shape index (κ1) is 20.5. The molecule has 1 aliphatic carbocycles. The number of halogens is 4. The van der Waals surface area contributed by atoms with Crippen LogP contribution in [-0.2, 0) is 12.7 Å². The lowest BCUT2D eigenvalue weighted by atomic mass is 10.1. The zero-order chi connectivity index (χ0) is 21.6. The van der Waals surface area contributed by atoms with Gasteiger partial charge >= 0.3 is 6.18 Å². The summed E-state index contributed by atoms with van der Waals surface area (Å²) < 4.78 is 56.1. The molecular weight excluding hydrogens is 406 g/mol. The number of hydrogen-bond acceptors (Lipinski definition) is 5. The summed E-state index contributed by atoms with van der Waals surface area (Å²) in [6.45, 7) is 1.98. The number of rotatable bonds is 6. The summed E-state index contributed by atoms with van der Waals surface area (Å²) in [4.78, 5) is 0. The van der Waals surface area contributed by atoms with Gasteiger partial charge in [-0.05, 0) is 49.9 Å². The first-order valence-corrected chi connectivity index (χ1v) is 9.36. The van der Waals surface area contributed by atoms with Gasteiger partial charge in [0.25, 0.3) is 0 Å². The number of alkyl halides is 3. The summed E-state index contributed by atoms with van der Waals surface area (Å²) >= 11 is 0. The molecule has 4 rings (SSSR count). The van der Waals surface area contributed by atoms with Gasteiger partial charge < -0.3 is 10.2 Å². The standard InChI is InChI=1S/C19H19F4N5O2/c1-10(29)13-6-12(20)4-5-15(13)28-16(7-17(25-28)19(21,22)23)18(30)14-9-27(26-24-14)8-11-2-3-11/h4-7,9-11,18,29-30H,2-3,8H2,1H3/t10-,18?/m1/s1. The van der Waals surface area contributed by atoms with Gasteiger partial charge in [-0.15, -0.1) is 5.10 Å². The third kappa shape index (κ3) is 4.08. The quantitative estimate of drug-likeness (QED) is 0.593. The molecule has 0 radical (unpaired) electrons. The zero-order valence-electron chi connectivity index (χ0n) is 15.9. The van der Waals surface area contributed by atoms with Gasteiger partial charge in [0, 0.05) is 12.1 Å². The second-order valence-electron chi connectivity index (χ2n) is 7.45. The molecule has 3 aromatic rings. The molecule has 2 aromatic heterocycles. The van der Waals surface area contributed by atoms with Crippen LogP contribution in [0.3, 0.4) is 0 Å². The molecule has 2 heterocycles. The largest absolute Gasteiger partial charge is 0.435 e. The van der Waals surface area contributed by atoms with E-state index in [1.165, 1.54) is 19.2 Å². The number of hydrogen-bond donors (Lipinski definition) is 2. The molecule has 1 fully saturated rings. The molecule has 30 heavy (non-hydrogen) atoms. The van der Waals surface area contributed by atoms with E-state index in [0.717, 1.165) is 29.7 Å². The van der Waals surface area contributed by atoms with E-state index in [9.17, 15) is 27.8 Å². The summed E-state index contributed by atoms with van der Waals surface area (Å²) in [7, 11) is 0. The predicted molar refractivity (Wildman–Crippen MR) is 96.0 cm³/mol. The summed E-state index contributed by atoms with van der Waals surface area (Å²) in [5, 5.41) is 32.1. The zero-order valence-corrected chi connectivity index (χ0v) is 15.9. The first-order valence-electron chi connectivity index (χ1n) is 9.36. The van der Waals surface area contributed by atoms with Gasteiger partial charge in [-0.1, -0.05) is 5.21 Å². The van der Waals surface area contributed by atoms with Gasteiger partial charge in [0.15, 0.2) is 5.69 Å². The molecule has 1 aliphatic rings. The Morgan fingerprint density at radius 1 is 1.20 bits per heavy atom. The molecule has 2 N–H and O–H groups in total. The van der Waals surface area contributed by atoms with Crippen LogP contribution in [0.15, 0.2) is 30.5 Å². The minimum Gasteiger partial charge on any atom is -0.389 e. The van der Waals surface area contributed by atoms with Crippen molar-refractivity contribution in [3.63, 3.8) is 0 Å². The van der Waals surface area contributed by atoms with Crippen LogP contribution in [0.5, 0.6) is 0 Å². The Morgan fingerprint density at radius 2 is 1.93 bits per heavy atom. The van der Waals surface area contributed by atoms with Crippen molar-refractivity contribution in [1.29, 1.82) is 0 Å². The van der Waals surface area contributed by atoms with E-state index in [0.29, 0.717) is 18.5 Å². The molecule has 1 saturated carbocycles. The lowest BCUT2D eigenvalue weighted by Gasteiger charge is -2.16. The maximum absolute atomic E-state index is 13.7. The van der Waals surface area contributed by atoms with Crippen molar-refractivity contribution in [2.24, 2.45) is 5.92 Å². The minimum absolute atomic E-state index is 0.0151. The highest BCUT2D eigenvalue weighted by Gasteiger charge is 2.37. The van der Waals surface area contributed by atoms with Crippen LogP contribution in [0.25, 0.3) is 5.69 Å². The highest BCUT2D eigenvalue weighted by molar-refractivity contribution is 5.44. The van der Waals surface area contributed by atoms with Crippen LogP contribution in [0, 0.1) is 11.7 Å². The monoisotopic (exact) mass is 425 g/mol. The van der Waals surface area contributed by atoms with Crippen LogP contribution in [0.2, 0.25) is 0 Å². The van der Waals surface area contributed by atoms with E-state index in [1.807, 2.05) is 0 Å². The highest BCUT2D eigenvalue weighted by Crippen LogP contribution is 2.35. The normalized spacial score (nSPS) is 16.6. The molecule has 0 aliphatic heterocycles. The molecule has 11 heteroatoms. The average Bonchev–Trinajstić information content (AvgIpc) is 3.17. The molecule has 160 valence electrons. The van der Waals surface area contributed by atoms with Crippen molar-refractivity contribution in [1.82, 2.24) is 24.8 Å². The predicted octanol–water partition coefficient (Wildman–Crippen LogP) is 3.17. The molecule has 2 atom stereocenters. The fourth-order valence-electron chi connectivity index (χ4n) is 3.22. The second-order valence-corrected chi connectivity index (χ2v) is 7.45. The van der Waals surface area contributed by atoms with Crippen molar-refractivity contribution in [3.8, 4) is 5.69 Å². The van der Waals surface area contributed by atoms with Crippen molar-refractivity contribution in [3.05, 3.63) is 58.9 Å². The van der Waals surface area contributed by atoms with Gasteiger partial charge in [0.2, 0.25) is 0 Å². The van der Waals surface area contributed by atoms with Crippen LogP contribution >= 0.6 is 0 Å². The third-order valence-electron chi connectivity index (χ3n) is 4.95. The van der Waals surface area contributed by atoms with Gasteiger partial charge in [0.1, 0.15) is 17.6 Å². The number of aliphatic hydroxyl groups excluding tert-OH is 2. The van der Waals surface area contributed by atoms with E-state index >= 15 is 0 Å². The van der Waals surface area contributed by atoms with Gasteiger partial charge in [-0.25, -0.2) is 9.07 Å². The third-order valence-corrected chi connectivity index (χ3v) is 4.95. The highest BCUT2D eigenvalue weighted by atomic mass is 19.4. The molecule has 0 spiro atoms. The van der Waals surface area contributed by atoms with Gasteiger partial charge in [0.05, 0.1) is 23.7 Å². The maximum Gasteiger partial charge on any atom is 0.435 e. The molecule has 0 bridgehead atoms. The van der Waals surface area contributed by atoms with Crippen molar-refractivity contribution in [2.45, 2.75) is 44.7 Å². The fraction of sp³-hybridized carbons (Fsp3) is 0.421. The number of nitrogens with zero attached hydrogens (tertiary/aromatic N) is 5. The smallest absolute Gasteiger partial charge is 0.389 e. The Balaban J connectivity index is 1.79. The minimum atomic E-state index is -4.77. The van der Waals surface area contributed by atoms with Crippen LogP contribution in [0.1, 0.15) is 54.6 Å². The van der Waals surface area contributed by atoms with Crippen molar-refractivity contribution in [2.75, 3.05) is 0 Å². The van der Waals surface area contributed by atoms with E-state index in [2.05, 4.69) is 15.4 Å². The van der Waals surface area contributed by atoms with Crippen LogP contribution in [-0.4, -0.2) is 35.0 Å². The maximum atomic E-state index is 13.7. The molecule has 7 nitrogen and oxygen atoms in total. The Labute approximate surface area is 168 Å². The van der Waals surface area contributed by atoms with E-state index in [4.69, 9.17) is 0 Å². The van der Waals surface area contributed by atoms with Gasteiger partial charge in [-0.2, -0.15) is 18.3 Å². The number of benzene rings is 1. The summed E-state index contributed by atoms with van der Waals surface area (Å²) in [6.07, 6.45) is -3.88. The van der Waals surface area contributed by atoms with E-state index in [1.54, 1.807) is 4.68 Å². The summed E-state index contributed by atoms with van der Waals surface area (Å²) in [5.74, 6) is -0.171. The molecular formula is C19H19F4N5O2. The van der Waals surface area contributed by atoms with Crippen LogP contribution in [0.4, 0.5) is 17.6 Å². The second kappa shape index (κ2) is 7.47. The molecule has 1 unspecified atom stereocenters. The Kier molecular flexibility index (Phi) is 5.10. The Hall–Kier alpha value is -2.79. The molecule has 0 saturated heterocycles. The van der Waals surface area contributed by atoms with E-state index < -0.39 is 29.9 Å². The van der Waals surface area contributed by atoms with Crippen LogP contribution < -0.4 is 0 Å². The van der Waals surface area contributed by atoms with E-state index in [-0.39, 0.29) is 22.6 Å². The SMILES string of the molecule is C[C@@H](O)c1cc(F)ccc1-n1nc(C(F)(F)F)cc1C(O)c1cn(CC2CC2)nn1. The lowest BCUT2D eigenvalue weighted by molar-refractivity contribution is -0.141. The topological polar surface area (TPSA) is 89.0 Å². The summed E-state index contributed by atoms with van der Waals surface area (Å²) in [6, 6.07) is 3.96. The number of aliphatic hydroxyl groups is 2.